The first-order chi connectivity index (χ1) is 8.46. The molecule has 1 heterocycles. The second kappa shape index (κ2) is 5.92. The van der Waals surface area contributed by atoms with E-state index in [9.17, 15) is 0 Å². The van der Waals surface area contributed by atoms with Gasteiger partial charge in [0.2, 0.25) is 0 Å². The molecule has 2 heteroatoms. The molecule has 0 spiro atoms. The highest BCUT2D eigenvalue weighted by Gasteiger charge is 2.33. The molecule has 0 aromatic heterocycles. The van der Waals surface area contributed by atoms with Crippen LogP contribution >= 0.6 is 0 Å². The number of nitrogens with one attached hydrogen (secondary N) is 1. The molecular weight excluding hydrogens is 222 g/mol. The van der Waals surface area contributed by atoms with E-state index >= 15 is 0 Å². The van der Waals surface area contributed by atoms with Crippen molar-refractivity contribution in [3.05, 3.63) is 0 Å². The van der Waals surface area contributed by atoms with Crippen LogP contribution in [0.25, 0.3) is 0 Å². The number of hydrogen-bond acceptors (Lipinski definition) is 2. The highest BCUT2D eigenvalue weighted by molar-refractivity contribution is 4.89. The molecule has 1 saturated carbocycles. The quantitative estimate of drug-likeness (QED) is 0.829. The third-order valence-electron chi connectivity index (χ3n) is 4.86. The summed E-state index contributed by atoms with van der Waals surface area (Å²) in [6.45, 7) is 11.6. The lowest BCUT2D eigenvalue weighted by molar-refractivity contribution is 0.0499. The van der Waals surface area contributed by atoms with Crippen LogP contribution in [0.5, 0.6) is 0 Å². The second-order valence-corrected chi connectivity index (χ2v) is 7.52. The van der Waals surface area contributed by atoms with Crippen LogP contribution in [0.15, 0.2) is 0 Å². The van der Waals surface area contributed by atoms with Crippen LogP contribution in [0, 0.1) is 17.3 Å². The Labute approximate surface area is 113 Å². The van der Waals surface area contributed by atoms with Gasteiger partial charge in [0.05, 0.1) is 0 Å². The van der Waals surface area contributed by atoms with Gasteiger partial charge in [-0.25, -0.2) is 0 Å². The summed E-state index contributed by atoms with van der Waals surface area (Å²) in [5.41, 5.74) is 0.519. The SMILES string of the molecule is CC1CC(NC(C)C2CCOCC2)CC(C)(C)C1. The van der Waals surface area contributed by atoms with E-state index in [0.29, 0.717) is 11.5 Å². The Balaban J connectivity index is 1.84. The minimum atomic E-state index is 0.519. The van der Waals surface area contributed by atoms with Gasteiger partial charge in [0.15, 0.2) is 0 Å². The van der Waals surface area contributed by atoms with Crippen molar-refractivity contribution in [3.63, 3.8) is 0 Å². The van der Waals surface area contributed by atoms with Gasteiger partial charge >= 0.3 is 0 Å². The Bertz CT molecular complexity index is 258. The van der Waals surface area contributed by atoms with E-state index in [1.54, 1.807) is 0 Å². The number of ether oxygens (including phenoxy) is 1. The third kappa shape index (κ3) is 3.96. The first-order valence-electron chi connectivity index (χ1n) is 7.80. The van der Waals surface area contributed by atoms with E-state index in [4.69, 9.17) is 4.74 Å². The lowest BCUT2D eigenvalue weighted by Gasteiger charge is -2.41. The van der Waals surface area contributed by atoms with Gasteiger partial charge in [-0.15, -0.1) is 0 Å². The fourth-order valence-electron chi connectivity index (χ4n) is 4.20. The molecule has 0 aromatic carbocycles. The number of hydrogen-bond donors (Lipinski definition) is 1. The number of rotatable bonds is 3. The highest BCUT2D eigenvalue weighted by atomic mass is 16.5. The summed E-state index contributed by atoms with van der Waals surface area (Å²) in [5, 5.41) is 3.92. The first-order valence-corrected chi connectivity index (χ1v) is 7.80. The second-order valence-electron chi connectivity index (χ2n) is 7.52. The first kappa shape index (κ1) is 14.3. The van der Waals surface area contributed by atoms with Crippen LogP contribution in [0.4, 0.5) is 0 Å². The van der Waals surface area contributed by atoms with Gasteiger partial charge in [-0.2, -0.15) is 0 Å². The molecule has 1 aliphatic carbocycles. The maximum absolute atomic E-state index is 5.46. The van der Waals surface area contributed by atoms with Gasteiger partial charge in [-0.3, -0.25) is 0 Å². The molecule has 1 aliphatic heterocycles. The molecule has 0 aromatic rings. The molecule has 0 radical (unpaired) electrons. The van der Waals surface area contributed by atoms with E-state index < -0.39 is 0 Å². The molecule has 106 valence electrons. The molecule has 1 saturated heterocycles. The van der Waals surface area contributed by atoms with Crippen LogP contribution in [0.1, 0.15) is 59.8 Å². The average Bonchev–Trinajstić information content (AvgIpc) is 2.27. The highest BCUT2D eigenvalue weighted by Crippen LogP contribution is 2.38. The van der Waals surface area contributed by atoms with E-state index in [2.05, 4.69) is 33.0 Å². The van der Waals surface area contributed by atoms with E-state index in [0.717, 1.165) is 31.1 Å². The summed E-state index contributed by atoms with van der Waals surface area (Å²) in [6.07, 6.45) is 6.55. The van der Waals surface area contributed by atoms with Crippen LogP contribution < -0.4 is 5.32 Å². The normalized spacial score (nSPS) is 35.3. The van der Waals surface area contributed by atoms with Gasteiger partial charge in [-0.05, 0) is 56.3 Å². The molecule has 2 nitrogen and oxygen atoms in total. The molecule has 0 bridgehead atoms. The Hall–Kier alpha value is -0.0800. The summed E-state index contributed by atoms with van der Waals surface area (Å²) in [5.74, 6) is 1.69. The van der Waals surface area contributed by atoms with Gasteiger partial charge < -0.3 is 10.1 Å². The molecule has 2 fully saturated rings. The summed E-state index contributed by atoms with van der Waals surface area (Å²) in [6, 6.07) is 1.38. The van der Waals surface area contributed by atoms with Crippen molar-refractivity contribution in [1.29, 1.82) is 0 Å². The lowest BCUT2D eigenvalue weighted by Crippen LogP contribution is -2.47. The maximum Gasteiger partial charge on any atom is 0.0469 e. The molecule has 2 aliphatic rings. The van der Waals surface area contributed by atoms with E-state index in [1.165, 1.54) is 32.1 Å². The van der Waals surface area contributed by atoms with Crippen LogP contribution in [0.3, 0.4) is 0 Å². The van der Waals surface area contributed by atoms with Gasteiger partial charge in [0.1, 0.15) is 0 Å². The van der Waals surface area contributed by atoms with Crippen molar-refractivity contribution in [1.82, 2.24) is 5.32 Å². The summed E-state index contributed by atoms with van der Waals surface area (Å²) >= 11 is 0. The predicted molar refractivity (Wildman–Crippen MR) is 76.7 cm³/mol. The van der Waals surface area contributed by atoms with Crippen molar-refractivity contribution in [2.24, 2.45) is 17.3 Å². The summed E-state index contributed by atoms with van der Waals surface area (Å²) in [7, 11) is 0. The van der Waals surface area contributed by atoms with Crippen molar-refractivity contribution in [2.75, 3.05) is 13.2 Å². The van der Waals surface area contributed by atoms with Gasteiger partial charge in [0.25, 0.3) is 0 Å². The molecule has 3 atom stereocenters. The fourth-order valence-corrected chi connectivity index (χ4v) is 4.20. The van der Waals surface area contributed by atoms with Crippen molar-refractivity contribution in [2.45, 2.75) is 71.9 Å². The summed E-state index contributed by atoms with van der Waals surface area (Å²) in [4.78, 5) is 0. The Morgan fingerprint density at radius 1 is 1.17 bits per heavy atom. The van der Waals surface area contributed by atoms with E-state index in [1.807, 2.05) is 0 Å². The molecule has 3 unspecified atom stereocenters. The van der Waals surface area contributed by atoms with Crippen LogP contribution in [0.2, 0.25) is 0 Å². The predicted octanol–water partition coefficient (Wildman–Crippen LogP) is 3.61. The zero-order valence-electron chi connectivity index (χ0n) is 12.7. The zero-order valence-corrected chi connectivity index (χ0v) is 12.7. The Morgan fingerprint density at radius 3 is 2.44 bits per heavy atom. The third-order valence-corrected chi connectivity index (χ3v) is 4.86. The van der Waals surface area contributed by atoms with Crippen molar-refractivity contribution < 1.29 is 4.74 Å². The van der Waals surface area contributed by atoms with Crippen LogP contribution in [-0.4, -0.2) is 25.3 Å². The van der Waals surface area contributed by atoms with Crippen molar-refractivity contribution >= 4 is 0 Å². The molecule has 1 N–H and O–H groups in total. The maximum atomic E-state index is 5.46. The van der Waals surface area contributed by atoms with Gasteiger partial charge in [0, 0.05) is 25.3 Å². The lowest BCUT2D eigenvalue weighted by atomic mass is 9.70. The zero-order chi connectivity index (χ0) is 13.2. The van der Waals surface area contributed by atoms with E-state index in [-0.39, 0.29) is 0 Å². The summed E-state index contributed by atoms with van der Waals surface area (Å²) < 4.78 is 5.46. The minimum absolute atomic E-state index is 0.519. The Morgan fingerprint density at radius 2 is 1.83 bits per heavy atom. The average molecular weight is 253 g/mol. The molecular formula is C16H31NO. The topological polar surface area (TPSA) is 21.3 Å². The van der Waals surface area contributed by atoms with Crippen LogP contribution in [-0.2, 0) is 4.74 Å². The minimum Gasteiger partial charge on any atom is -0.381 e. The largest absolute Gasteiger partial charge is 0.381 e. The molecule has 18 heavy (non-hydrogen) atoms. The van der Waals surface area contributed by atoms with Gasteiger partial charge in [-0.1, -0.05) is 20.8 Å². The van der Waals surface area contributed by atoms with Crippen molar-refractivity contribution in [3.8, 4) is 0 Å². The fraction of sp³-hybridized carbons (Fsp3) is 1.00. The monoisotopic (exact) mass is 253 g/mol. The smallest absolute Gasteiger partial charge is 0.0469 e. The Kier molecular flexibility index (Phi) is 4.71. The molecule has 2 rings (SSSR count). The standard InChI is InChI=1S/C16H31NO/c1-12-9-15(11-16(3,4)10-12)17-13(2)14-5-7-18-8-6-14/h12-15,17H,5-11H2,1-4H3. The molecule has 0 amide bonds.